The molecule has 1 aromatic rings. The Morgan fingerprint density at radius 2 is 2.00 bits per heavy atom. The molecule has 0 bridgehead atoms. The molecule has 1 N–H and O–H groups in total. The summed E-state index contributed by atoms with van der Waals surface area (Å²) in [5, 5.41) is 3.22. The molecule has 6 heteroatoms. The number of ether oxygens (including phenoxy) is 2. The summed E-state index contributed by atoms with van der Waals surface area (Å²) in [5.74, 6) is 0.686. The first kappa shape index (κ1) is 17.8. The first-order valence-electron chi connectivity index (χ1n) is 6.97. The third kappa shape index (κ3) is 7.34. The van der Waals surface area contributed by atoms with Crippen LogP contribution in [0.4, 0.5) is 13.2 Å². The van der Waals surface area contributed by atoms with Crippen molar-refractivity contribution in [3.63, 3.8) is 0 Å². The number of hydrogen-bond acceptors (Lipinski definition) is 3. The highest BCUT2D eigenvalue weighted by atomic mass is 19.4. The van der Waals surface area contributed by atoms with Crippen LogP contribution < -0.4 is 10.1 Å². The molecule has 0 unspecified atom stereocenters. The second-order valence-corrected chi connectivity index (χ2v) is 4.70. The molecule has 0 saturated carbocycles. The number of benzene rings is 1. The quantitative estimate of drug-likeness (QED) is 0.706. The predicted molar refractivity (Wildman–Crippen MR) is 75.3 cm³/mol. The minimum Gasteiger partial charge on any atom is -0.496 e. The summed E-state index contributed by atoms with van der Waals surface area (Å²) >= 11 is 0. The Bertz CT molecular complexity index is 422. The molecular weight excluding hydrogens is 283 g/mol. The van der Waals surface area contributed by atoms with E-state index in [4.69, 9.17) is 9.47 Å². The molecule has 21 heavy (non-hydrogen) atoms. The lowest BCUT2D eigenvalue weighted by molar-refractivity contribution is -0.138. The molecule has 0 radical (unpaired) electrons. The van der Waals surface area contributed by atoms with Crippen LogP contribution in [0, 0.1) is 0 Å². The van der Waals surface area contributed by atoms with Crippen LogP contribution in [-0.2, 0) is 17.9 Å². The summed E-state index contributed by atoms with van der Waals surface area (Å²) in [5.41, 5.74) is 1.94. The molecule has 0 spiro atoms. The molecule has 0 heterocycles. The Morgan fingerprint density at radius 3 is 2.62 bits per heavy atom. The minimum atomic E-state index is -4.12. The Balaban J connectivity index is 2.48. The van der Waals surface area contributed by atoms with E-state index in [0.29, 0.717) is 5.75 Å². The smallest absolute Gasteiger partial charge is 0.389 e. The van der Waals surface area contributed by atoms with Crippen LogP contribution in [0.3, 0.4) is 0 Å². The van der Waals surface area contributed by atoms with Crippen molar-refractivity contribution in [1.82, 2.24) is 5.32 Å². The number of nitrogens with one attached hydrogen (secondary N) is 1. The van der Waals surface area contributed by atoms with Gasteiger partial charge in [0, 0.05) is 25.1 Å². The molecule has 3 nitrogen and oxygen atoms in total. The molecule has 0 aliphatic carbocycles. The van der Waals surface area contributed by atoms with Crippen molar-refractivity contribution >= 4 is 0 Å². The number of hydrogen-bond donors (Lipinski definition) is 1. The monoisotopic (exact) mass is 305 g/mol. The highest BCUT2D eigenvalue weighted by molar-refractivity contribution is 5.36. The topological polar surface area (TPSA) is 30.5 Å². The van der Waals surface area contributed by atoms with Crippen molar-refractivity contribution < 1.29 is 22.6 Å². The fraction of sp³-hybridized carbons (Fsp3) is 0.600. The molecule has 0 aliphatic heterocycles. The lowest BCUT2D eigenvalue weighted by Crippen LogP contribution is -2.12. The highest BCUT2D eigenvalue weighted by Gasteiger charge is 2.25. The van der Waals surface area contributed by atoms with Crippen molar-refractivity contribution in [2.24, 2.45) is 0 Å². The first-order valence-corrected chi connectivity index (χ1v) is 6.97. The molecule has 0 atom stereocenters. The Kier molecular flexibility index (Phi) is 7.53. The normalized spacial score (nSPS) is 11.7. The maximum absolute atomic E-state index is 12.0. The van der Waals surface area contributed by atoms with Crippen LogP contribution in [0.5, 0.6) is 5.75 Å². The van der Waals surface area contributed by atoms with Crippen LogP contribution in [0.1, 0.15) is 30.9 Å². The van der Waals surface area contributed by atoms with Crippen LogP contribution in [0.2, 0.25) is 0 Å². The van der Waals surface area contributed by atoms with E-state index in [-0.39, 0.29) is 19.6 Å². The lowest BCUT2D eigenvalue weighted by Gasteiger charge is -2.12. The molecule has 0 aromatic heterocycles. The maximum atomic E-state index is 12.0. The van der Waals surface area contributed by atoms with Crippen LogP contribution >= 0.6 is 0 Å². The van der Waals surface area contributed by atoms with Gasteiger partial charge in [-0.05, 0) is 30.7 Å². The van der Waals surface area contributed by atoms with Gasteiger partial charge in [-0.15, -0.1) is 0 Å². The van der Waals surface area contributed by atoms with Crippen molar-refractivity contribution in [3.05, 3.63) is 29.3 Å². The van der Waals surface area contributed by atoms with Gasteiger partial charge in [-0.25, -0.2) is 0 Å². The van der Waals surface area contributed by atoms with Gasteiger partial charge in [0.15, 0.2) is 0 Å². The third-order valence-corrected chi connectivity index (χ3v) is 2.93. The fourth-order valence-electron chi connectivity index (χ4n) is 1.88. The zero-order chi connectivity index (χ0) is 15.7. The Hall–Kier alpha value is -1.27. The molecular formula is C15H22F3NO2. The average Bonchev–Trinajstić information content (AvgIpc) is 2.43. The summed E-state index contributed by atoms with van der Waals surface area (Å²) < 4.78 is 46.6. The van der Waals surface area contributed by atoms with Crippen LogP contribution in [-0.4, -0.2) is 26.4 Å². The summed E-state index contributed by atoms with van der Waals surface area (Å²) in [6, 6.07) is 5.75. The lowest BCUT2D eigenvalue weighted by atomic mass is 10.1. The van der Waals surface area contributed by atoms with Gasteiger partial charge in [0.2, 0.25) is 0 Å². The third-order valence-electron chi connectivity index (χ3n) is 2.93. The van der Waals surface area contributed by atoms with E-state index in [2.05, 4.69) is 5.32 Å². The molecule has 0 saturated heterocycles. The van der Waals surface area contributed by atoms with E-state index in [0.717, 1.165) is 24.2 Å². The number of halogens is 3. The summed E-state index contributed by atoms with van der Waals surface area (Å²) in [6.07, 6.45) is -4.96. The van der Waals surface area contributed by atoms with E-state index < -0.39 is 12.6 Å². The second kappa shape index (κ2) is 8.89. The minimum absolute atomic E-state index is 0.0249. The number of methoxy groups -OCH3 is 1. The van der Waals surface area contributed by atoms with Gasteiger partial charge in [0.05, 0.1) is 13.7 Å². The zero-order valence-corrected chi connectivity index (χ0v) is 12.4. The van der Waals surface area contributed by atoms with Gasteiger partial charge in [0.25, 0.3) is 0 Å². The van der Waals surface area contributed by atoms with Gasteiger partial charge in [-0.3, -0.25) is 0 Å². The molecule has 120 valence electrons. The highest BCUT2D eigenvalue weighted by Crippen LogP contribution is 2.23. The molecule has 0 fully saturated rings. The first-order chi connectivity index (χ1) is 9.96. The molecule has 0 aliphatic rings. The summed E-state index contributed by atoms with van der Waals surface area (Å²) in [7, 11) is 1.56. The standard InChI is InChI=1S/C15H22F3NO2/c1-3-19-10-12-5-6-14(20-2)13(9-12)11-21-8-4-7-15(16,17)18/h5-6,9,19H,3-4,7-8,10-11H2,1-2H3. The fourth-order valence-corrected chi connectivity index (χ4v) is 1.88. The van der Waals surface area contributed by atoms with Crippen molar-refractivity contribution in [3.8, 4) is 5.75 Å². The van der Waals surface area contributed by atoms with Gasteiger partial charge >= 0.3 is 6.18 Å². The maximum Gasteiger partial charge on any atom is 0.389 e. The van der Waals surface area contributed by atoms with Crippen molar-refractivity contribution in [1.29, 1.82) is 0 Å². The average molecular weight is 305 g/mol. The van der Waals surface area contributed by atoms with Gasteiger partial charge in [0.1, 0.15) is 5.75 Å². The number of alkyl halides is 3. The number of rotatable bonds is 9. The van der Waals surface area contributed by atoms with Crippen molar-refractivity contribution in [2.45, 2.75) is 39.1 Å². The van der Waals surface area contributed by atoms with E-state index in [1.165, 1.54) is 0 Å². The molecule has 0 amide bonds. The summed E-state index contributed by atoms with van der Waals surface area (Å²) in [4.78, 5) is 0. The van der Waals surface area contributed by atoms with E-state index >= 15 is 0 Å². The van der Waals surface area contributed by atoms with Gasteiger partial charge in [-0.2, -0.15) is 13.2 Å². The largest absolute Gasteiger partial charge is 0.496 e. The molecule has 1 rings (SSSR count). The zero-order valence-electron chi connectivity index (χ0n) is 12.4. The SMILES string of the molecule is CCNCc1ccc(OC)c(COCCCC(F)(F)F)c1. The van der Waals surface area contributed by atoms with Crippen LogP contribution in [0.15, 0.2) is 18.2 Å². The van der Waals surface area contributed by atoms with E-state index in [1.807, 2.05) is 25.1 Å². The Morgan fingerprint density at radius 1 is 1.24 bits per heavy atom. The Labute approximate surface area is 123 Å². The van der Waals surface area contributed by atoms with Crippen molar-refractivity contribution in [2.75, 3.05) is 20.3 Å². The van der Waals surface area contributed by atoms with E-state index in [9.17, 15) is 13.2 Å². The van der Waals surface area contributed by atoms with Gasteiger partial charge in [-0.1, -0.05) is 13.0 Å². The van der Waals surface area contributed by atoms with Crippen LogP contribution in [0.25, 0.3) is 0 Å². The molecule has 1 aromatic carbocycles. The van der Waals surface area contributed by atoms with E-state index in [1.54, 1.807) is 7.11 Å². The van der Waals surface area contributed by atoms with Gasteiger partial charge < -0.3 is 14.8 Å². The predicted octanol–water partition coefficient (Wildman–Crippen LogP) is 3.66. The second-order valence-electron chi connectivity index (χ2n) is 4.70. The summed E-state index contributed by atoms with van der Waals surface area (Å²) in [6.45, 7) is 3.96.